The molecule has 0 aliphatic carbocycles. The Bertz CT molecular complexity index is 160. The zero-order chi connectivity index (χ0) is 11.0. The van der Waals surface area contributed by atoms with Gasteiger partial charge in [-0.05, 0) is 18.9 Å². The number of carbonyl (C=O) groups excluding carboxylic acids is 1. The van der Waals surface area contributed by atoms with Crippen molar-refractivity contribution in [2.24, 2.45) is 5.92 Å². The van der Waals surface area contributed by atoms with E-state index in [0.29, 0.717) is 18.9 Å². The van der Waals surface area contributed by atoms with Gasteiger partial charge >= 0.3 is 0 Å². The van der Waals surface area contributed by atoms with Gasteiger partial charge in [0.15, 0.2) is 0 Å². The number of nitrogens with one attached hydrogen (secondary N) is 1. The highest BCUT2D eigenvalue weighted by molar-refractivity contribution is 5.75. The van der Waals surface area contributed by atoms with Crippen molar-refractivity contribution in [3.05, 3.63) is 0 Å². The van der Waals surface area contributed by atoms with Gasteiger partial charge in [0.05, 0.1) is 0 Å². The molecule has 0 bridgehead atoms. The fraction of sp³-hybridized carbons (Fsp3) is 0.900. The molecular formula is C10H22N2O2. The van der Waals surface area contributed by atoms with E-state index < -0.39 is 0 Å². The minimum absolute atomic E-state index is 0.146. The maximum absolute atomic E-state index is 11.2. The molecule has 0 radical (unpaired) electrons. The van der Waals surface area contributed by atoms with Crippen molar-refractivity contribution < 1.29 is 9.90 Å². The van der Waals surface area contributed by atoms with E-state index in [2.05, 4.69) is 12.2 Å². The van der Waals surface area contributed by atoms with Crippen LogP contribution in [-0.4, -0.2) is 49.7 Å². The first-order valence-corrected chi connectivity index (χ1v) is 5.09. The number of rotatable bonds is 7. The van der Waals surface area contributed by atoms with Gasteiger partial charge in [-0.3, -0.25) is 4.79 Å². The summed E-state index contributed by atoms with van der Waals surface area (Å²) >= 11 is 0. The number of hydrogen-bond donors (Lipinski definition) is 2. The number of aliphatic hydroxyl groups is 1. The van der Waals surface area contributed by atoms with Crippen LogP contribution in [0.2, 0.25) is 0 Å². The Balaban J connectivity index is 3.33. The van der Waals surface area contributed by atoms with Gasteiger partial charge in [-0.15, -0.1) is 0 Å². The molecule has 84 valence electrons. The molecule has 0 aliphatic heterocycles. The number of aliphatic hydroxyl groups excluding tert-OH is 1. The van der Waals surface area contributed by atoms with Gasteiger partial charge in [-0.25, -0.2) is 0 Å². The first-order chi connectivity index (χ1) is 6.57. The topological polar surface area (TPSA) is 52.6 Å². The zero-order valence-corrected chi connectivity index (χ0v) is 9.42. The molecule has 0 rings (SSSR count). The van der Waals surface area contributed by atoms with E-state index in [4.69, 9.17) is 5.11 Å². The summed E-state index contributed by atoms with van der Waals surface area (Å²) in [6, 6.07) is 0. The largest absolute Gasteiger partial charge is 0.396 e. The molecule has 0 aromatic carbocycles. The highest BCUT2D eigenvalue weighted by Crippen LogP contribution is 1.97. The average Bonchev–Trinajstić information content (AvgIpc) is 2.12. The summed E-state index contributed by atoms with van der Waals surface area (Å²) in [6.45, 7) is 3.89. The summed E-state index contributed by atoms with van der Waals surface area (Å²) in [5, 5.41) is 11.9. The first kappa shape index (κ1) is 13.4. The monoisotopic (exact) mass is 202 g/mol. The number of hydrogen-bond acceptors (Lipinski definition) is 3. The number of amides is 1. The smallest absolute Gasteiger partial charge is 0.223 e. The van der Waals surface area contributed by atoms with Gasteiger partial charge in [0.1, 0.15) is 0 Å². The maximum atomic E-state index is 11.2. The van der Waals surface area contributed by atoms with Crippen LogP contribution in [0.25, 0.3) is 0 Å². The average molecular weight is 202 g/mol. The lowest BCUT2D eigenvalue weighted by molar-refractivity contribution is -0.128. The van der Waals surface area contributed by atoms with Gasteiger partial charge in [0.25, 0.3) is 0 Å². The van der Waals surface area contributed by atoms with Gasteiger partial charge in [-0.2, -0.15) is 0 Å². The normalized spacial score (nSPS) is 12.6. The van der Waals surface area contributed by atoms with Crippen molar-refractivity contribution in [2.45, 2.75) is 19.8 Å². The van der Waals surface area contributed by atoms with Crippen LogP contribution >= 0.6 is 0 Å². The van der Waals surface area contributed by atoms with E-state index in [1.807, 2.05) is 0 Å². The van der Waals surface area contributed by atoms with Crippen LogP contribution in [0.5, 0.6) is 0 Å². The zero-order valence-electron chi connectivity index (χ0n) is 9.42. The molecule has 1 amide bonds. The lowest BCUT2D eigenvalue weighted by atomic mass is 10.1. The molecule has 0 saturated carbocycles. The molecule has 1 unspecified atom stereocenters. The second-order valence-electron chi connectivity index (χ2n) is 3.86. The lowest BCUT2D eigenvalue weighted by Gasteiger charge is -2.12. The van der Waals surface area contributed by atoms with Crippen molar-refractivity contribution in [2.75, 3.05) is 33.8 Å². The van der Waals surface area contributed by atoms with Crippen LogP contribution in [-0.2, 0) is 4.79 Å². The second kappa shape index (κ2) is 7.76. The SMILES string of the molecule is CC(CCO)CNCCC(=O)N(C)C. The fourth-order valence-corrected chi connectivity index (χ4v) is 1.09. The quantitative estimate of drug-likeness (QED) is 0.575. The summed E-state index contributed by atoms with van der Waals surface area (Å²) in [5.41, 5.74) is 0. The third-order valence-corrected chi connectivity index (χ3v) is 2.13. The highest BCUT2D eigenvalue weighted by Gasteiger charge is 2.04. The maximum Gasteiger partial charge on any atom is 0.223 e. The molecule has 0 aromatic heterocycles. The van der Waals surface area contributed by atoms with Gasteiger partial charge in [0, 0.05) is 33.7 Å². The molecule has 0 spiro atoms. The molecule has 1 atom stereocenters. The number of carbonyl (C=O) groups is 1. The summed E-state index contributed by atoms with van der Waals surface area (Å²) in [7, 11) is 3.52. The molecule has 4 nitrogen and oxygen atoms in total. The van der Waals surface area contributed by atoms with E-state index in [9.17, 15) is 4.79 Å². The predicted octanol–water partition coefficient (Wildman–Crippen LogP) is 0.0728. The summed E-state index contributed by atoms with van der Waals surface area (Å²) < 4.78 is 0. The van der Waals surface area contributed by atoms with Gasteiger partial charge in [0.2, 0.25) is 5.91 Å². The molecule has 0 fully saturated rings. The van der Waals surface area contributed by atoms with Gasteiger partial charge in [-0.1, -0.05) is 6.92 Å². The third kappa shape index (κ3) is 6.86. The molecule has 2 N–H and O–H groups in total. The van der Waals surface area contributed by atoms with Crippen molar-refractivity contribution in [1.82, 2.24) is 10.2 Å². The molecule has 0 aliphatic rings. The van der Waals surface area contributed by atoms with E-state index >= 15 is 0 Å². The second-order valence-corrected chi connectivity index (χ2v) is 3.86. The lowest BCUT2D eigenvalue weighted by Crippen LogP contribution is -2.29. The number of nitrogens with zero attached hydrogens (tertiary/aromatic N) is 1. The molecule has 4 heteroatoms. The molecule has 0 aromatic rings. The van der Waals surface area contributed by atoms with Crippen LogP contribution in [0.3, 0.4) is 0 Å². The van der Waals surface area contributed by atoms with Crippen LogP contribution in [0.15, 0.2) is 0 Å². The van der Waals surface area contributed by atoms with Crippen molar-refractivity contribution in [1.29, 1.82) is 0 Å². The summed E-state index contributed by atoms with van der Waals surface area (Å²) in [6.07, 6.45) is 1.35. The van der Waals surface area contributed by atoms with E-state index in [-0.39, 0.29) is 12.5 Å². The van der Waals surface area contributed by atoms with Crippen molar-refractivity contribution in [3.63, 3.8) is 0 Å². The molecule has 14 heavy (non-hydrogen) atoms. The molecular weight excluding hydrogens is 180 g/mol. The highest BCUT2D eigenvalue weighted by atomic mass is 16.3. The molecule has 0 saturated heterocycles. The van der Waals surface area contributed by atoms with E-state index in [0.717, 1.165) is 13.0 Å². The van der Waals surface area contributed by atoms with Crippen molar-refractivity contribution >= 4 is 5.91 Å². The Kier molecular flexibility index (Phi) is 7.42. The van der Waals surface area contributed by atoms with Crippen LogP contribution in [0, 0.1) is 5.92 Å². The molecule has 0 heterocycles. The predicted molar refractivity (Wildman–Crippen MR) is 57.0 cm³/mol. The van der Waals surface area contributed by atoms with Gasteiger partial charge < -0.3 is 15.3 Å². The first-order valence-electron chi connectivity index (χ1n) is 5.09. The summed E-state index contributed by atoms with van der Waals surface area (Å²) in [4.78, 5) is 12.8. The Morgan fingerprint density at radius 3 is 2.64 bits per heavy atom. The van der Waals surface area contributed by atoms with Crippen molar-refractivity contribution in [3.8, 4) is 0 Å². The Morgan fingerprint density at radius 1 is 1.50 bits per heavy atom. The summed E-state index contributed by atoms with van der Waals surface area (Å²) in [5.74, 6) is 0.613. The van der Waals surface area contributed by atoms with E-state index in [1.165, 1.54) is 0 Å². The van der Waals surface area contributed by atoms with E-state index in [1.54, 1.807) is 19.0 Å². The van der Waals surface area contributed by atoms with Crippen LogP contribution in [0.4, 0.5) is 0 Å². The standard InChI is InChI=1S/C10H22N2O2/c1-9(5-7-13)8-11-6-4-10(14)12(2)3/h9,11,13H,4-8H2,1-3H3. The minimum Gasteiger partial charge on any atom is -0.396 e. The minimum atomic E-state index is 0.146. The third-order valence-electron chi connectivity index (χ3n) is 2.13. The Labute approximate surface area is 86.3 Å². The van der Waals surface area contributed by atoms with Crippen LogP contribution < -0.4 is 5.32 Å². The van der Waals surface area contributed by atoms with Crippen LogP contribution in [0.1, 0.15) is 19.8 Å². The fourth-order valence-electron chi connectivity index (χ4n) is 1.09. The Morgan fingerprint density at radius 2 is 2.14 bits per heavy atom. The Hall–Kier alpha value is -0.610.